The molecule has 0 fully saturated rings. The molecule has 4 rings (SSSR count). The number of H-pyrrole nitrogens is 1. The smallest absolute Gasteiger partial charge is 0.342 e. The molecule has 2 aliphatic rings. The van der Waals surface area contributed by atoms with Crippen molar-refractivity contribution in [3.05, 3.63) is 58.4 Å². The highest BCUT2D eigenvalue weighted by Gasteiger charge is 2.53. The Kier molecular flexibility index (Phi) is 3.61. The highest BCUT2D eigenvalue weighted by atomic mass is 19.4. The predicted molar refractivity (Wildman–Crippen MR) is 95.2 cm³/mol. The van der Waals surface area contributed by atoms with Crippen molar-refractivity contribution in [1.29, 1.82) is 0 Å². The number of ketones is 1. The first-order chi connectivity index (χ1) is 12.5. The number of fused-ring (bicyclic) bond motifs is 1. The minimum Gasteiger partial charge on any atom is -0.342 e. The molecule has 2 heterocycles. The Morgan fingerprint density at radius 3 is 2.37 bits per heavy atom. The number of hydrogen-bond acceptors (Lipinski definition) is 3. The predicted octanol–water partition coefficient (Wildman–Crippen LogP) is 4.80. The van der Waals surface area contributed by atoms with Crippen LogP contribution in [0, 0.1) is 5.41 Å². The van der Waals surface area contributed by atoms with E-state index in [2.05, 4.69) is 15.5 Å². The van der Waals surface area contributed by atoms with Gasteiger partial charge in [0.25, 0.3) is 0 Å². The zero-order valence-electron chi connectivity index (χ0n) is 15.3. The van der Waals surface area contributed by atoms with Crippen LogP contribution < -0.4 is 5.32 Å². The van der Waals surface area contributed by atoms with Gasteiger partial charge in [-0.25, -0.2) is 0 Å². The fourth-order valence-corrected chi connectivity index (χ4v) is 4.46. The zero-order chi connectivity index (χ0) is 19.6. The molecule has 1 atom stereocenters. The second-order valence-corrected chi connectivity index (χ2v) is 8.23. The topological polar surface area (TPSA) is 57.8 Å². The second kappa shape index (κ2) is 5.47. The first kappa shape index (κ1) is 17.8. The SMILES string of the molecule is CC1(C)CC(=O)C2=C(C1)Nc1n[nH]c(C(F)(F)F)c1[C@]2(C)c1ccccc1. The fraction of sp³-hybridized carbons (Fsp3) is 0.400. The molecule has 4 nitrogen and oxygen atoms in total. The maximum absolute atomic E-state index is 13.7. The number of benzene rings is 1. The van der Waals surface area contributed by atoms with E-state index in [4.69, 9.17) is 0 Å². The number of anilines is 1. The number of Topliss-reactive ketones (excluding diaryl/α,β-unsaturated/α-hetero) is 1. The van der Waals surface area contributed by atoms with Crippen molar-refractivity contribution >= 4 is 11.6 Å². The maximum atomic E-state index is 13.7. The molecule has 7 heteroatoms. The maximum Gasteiger partial charge on any atom is 0.433 e. The summed E-state index contributed by atoms with van der Waals surface area (Å²) in [4.78, 5) is 13.1. The summed E-state index contributed by atoms with van der Waals surface area (Å²) in [5, 5.41) is 9.08. The molecular weight excluding hydrogens is 355 g/mol. The van der Waals surface area contributed by atoms with Crippen molar-refractivity contribution in [2.75, 3.05) is 5.32 Å². The van der Waals surface area contributed by atoms with Gasteiger partial charge < -0.3 is 5.32 Å². The van der Waals surface area contributed by atoms with E-state index in [9.17, 15) is 18.0 Å². The van der Waals surface area contributed by atoms with Gasteiger partial charge in [-0.3, -0.25) is 9.89 Å². The Hall–Kier alpha value is -2.57. The third-order valence-electron chi connectivity index (χ3n) is 5.55. The summed E-state index contributed by atoms with van der Waals surface area (Å²) < 4.78 is 41.1. The molecule has 1 aromatic carbocycles. The van der Waals surface area contributed by atoms with Crippen molar-refractivity contribution in [2.45, 2.75) is 45.2 Å². The Morgan fingerprint density at radius 2 is 1.74 bits per heavy atom. The third-order valence-corrected chi connectivity index (χ3v) is 5.55. The van der Waals surface area contributed by atoms with E-state index >= 15 is 0 Å². The molecule has 27 heavy (non-hydrogen) atoms. The summed E-state index contributed by atoms with van der Waals surface area (Å²) in [6.07, 6.45) is -3.73. The standard InChI is InChI=1S/C20H20F3N3O/c1-18(2)9-12-14(13(27)10-18)19(3,11-7-5-4-6-8-11)15-16(20(21,22)23)25-26-17(15)24-12/h4-8H,9-10H2,1-3H3,(H2,24,25,26)/t19-/m1/s1. The van der Waals surface area contributed by atoms with E-state index in [-0.39, 0.29) is 22.6 Å². The summed E-state index contributed by atoms with van der Waals surface area (Å²) in [7, 11) is 0. The van der Waals surface area contributed by atoms with Crippen LogP contribution in [0.3, 0.4) is 0 Å². The number of carbonyl (C=O) groups excluding carboxylic acids is 1. The van der Waals surface area contributed by atoms with Gasteiger partial charge in [0.05, 0.1) is 5.41 Å². The molecule has 1 aliphatic carbocycles. The van der Waals surface area contributed by atoms with Gasteiger partial charge in [-0.1, -0.05) is 44.2 Å². The first-order valence-corrected chi connectivity index (χ1v) is 8.79. The molecule has 0 bridgehead atoms. The number of halogens is 3. The van der Waals surface area contributed by atoms with Crippen LogP contribution in [0.2, 0.25) is 0 Å². The Morgan fingerprint density at radius 1 is 1.07 bits per heavy atom. The molecule has 2 N–H and O–H groups in total. The molecule has 0 saturated heterocycles. The van der Waals surface area contributed by atoms with E-state index < -0.39 is 17.3 Å². The van der Waals surface area contributed by atoms with E-state index in [1.807, 2.05) is 13.8 Å². The van der Waals surface area contributed by atoms with Gasteiger partial charge >= 0.3 is 6.18 Å². The highest BCUT2D eigenvalue weighted by Crippen LogP contribution is 2.54. The van der Waals surface area contributed by atoms with Gasteiger partial charge in [-0.05, 0) is 24.3 Å². The van der Waals surface area contributed by atoms with Crippen LogP contribution >= 0.6 is 0 Å². The van der Waals surface area contributed by atoms with Crippen LogP contribution in [0.1, 0.15) is 50.4 Å². The van der Waals surface area contributed by atoms with Crippen molar-refractivity contribution < 1.29 is 18.0 Å². The van der Waals surface area contributed by atoms with E-state index in [0.29, 0.717) is 29.7 Å². The number of allylic oxidation sites excluding steroid dienone is 2. The van der Waals surface area contributed by atoms with E-state index in [0.717, 1.165) is 0 Å². The second-order valence-electron chi connectivity index (χ2n) is 8.23. The molecule has 0 saturated carbocycles. The van der Waals surface area contributed by atoms with Gasteiger partial charge in [0.2, 0.25) is 0 Å². The summed E-state index contributed by atoms with van der Waals surface area (Å²) in [5.41, 5.74) is -0.722. The number of carbonyl (C=O) groups is 1. The summed E-state index contributed by atoms with van der Waals surface area (Å²) in [5.74, 6) is 0.0120. The average Bonchev–Trinajstić information content (AvgIpc) is 2.98. The van der Waals surface area contributed by atoms with Crippen molar-refractivity contribution in [3.8, 4) is 0 Å². The van der Waals surface area contributed by atoms with E-state index in [1.165, 1.54) is 0 Å². The molecule has 1 aliphatic heterocycles. The van der Waals surface area contributed by atoms with Crippen LogP contribution in [-0.2, 0) is 16.4 Å². The Labute approximate surface area is 154 Å². The molecule has 0 amide bonds. The van der Waals surface area contributed by atoms with Crippen LogP contribution in [0.15, 0.2) is 41.6 Å². The fourth-order valence-electron chi connectivity index (χ4n) is 4.46. The third kappa shape index (κ3) is 2.59. The monoisotopic (exact) mass is 375 g/mol. The number of alkyl halides is 3. The average molecular weight is 375 g/mol. The van der Waals surface area contributed by atoms with Gasteiger partial charge in [0.15, 0.2) is 11.6 Å². The van der Waals surface area contributed by atoms with Crippen molar-refractivity contribution in [3.63, 3.8) is 0 Å². The first-order valence-electron chi connectivity index (χ1n) is 8.79. The largest absolute Gasteiger partial charge is 0.433 e. The van der Waals surface area contributed by atoms with Crippen LogP contribution in [0.4, 0.5) is 19.0 Å². The number of nitrogens with one attached hydrogen (secondary N) is 2. The molecule has 0 spiro atoms. The highest BCUT2D eigenvalue weighted by molar-refractivity contribution is 6.03. The minimum atomic E-state index is -4.60. The summed E-state index contributed by atoms with van der Waals surface area (Å²) in [6, 6.07) is 8.87. The lowest BCUT2D eigenvalue weighted by atomic mass is 9.61. The van der Waals surface area contributed by atoms with Crippen molar-refractivity contribution in [1.82, 2.24) is 10.2 Å². The van der Waals surface area contributed by atoms with Crippen LogP contribution in [-0.4, -0.2) is 16.0 Å². The minimum absolute atomic E-state index is 0.0204. The van der Waals surface area contributed by atoms with Gasteiger partial charge in [0, 0.05) is 23.3 Å². The molecule has 0 radical (unpaired) electrons. The molecule has 0 unspecified atom stereocenters. The normalized spacial score (nSPS) is 24.3. The van der Waals surface area contributed by atoms with Crippen molar-refractivity contribution in [2.24, 2.45) is 5.41 Å². The zero-order valence-corrected chi connectivity index (χ0v) is 15.3. The van der Waals surface area contributed by atoms with Crippen LogP contribution in [0.5, 0.6) is 0 Å². The molecule has 1 aromatic heterocycles. The number of rotatable bonds is 1. The van der Waals surface area contributed by atoms with Gasteiger partial charge in [-0.15, -0.1) is 0 Å². The number of aromatic amines is 1. The molecule has 2 aromatic rings. The number of hydrogen-bond donors (Lipinski definition) is 2. The number of nitrogens with zero attached hydrogens (tertiary/aromatic N) is 1. The Balaban J connectivity index is 2.05. The molecule has 142 valence electrons. The quantitative estimate of drug-likeness (QED) is 0.753. The van der Waals surface area contributed by atoms with Crippen LogP contribution in [0.25, 0.3) is 0 Å². The lowest BCUT2D eigenvalue weighted by molar-refractivity contribution is -0.142. The lowest BCUT2D eigenvalue weighted by Crippen LogP contribution is -2.42. The Bertz CT molecular complexity index is 957. The van der Waals surface area contributed by atoms with Gasteiger partial charge in [0.1, 0.15) is 5.69 Å². The molecular formula is C20H20F3N3O. The lowest BCUT2D eigenvalue weighted by Gasteiger charge is -2.43. The van der Waals surface area contributed by atoms with E-state index in [1.54, 1.807) is 37.3 Å². The summed E-state index contributed by atoms with van der Waals surface area (Å²) in [6.45, 7) is 5.66. The van der Waals surface area contributed by atoms with Gasteiger partial charge in [-0.2, -0.15) is 18.3 Å². The number of aromatic nitrogens is 2. The summed E-state index contributed by atoms with van der Waals surface area (Å²) >= 11 is 0.